The van der Waals surface area contributed by atoms with E-state index >= 15 is 0 Å². The van der Waals surface area contributed by atoms with E-state index in [4.69, 9.17) is 9.68 Å². The van der Waals surface area contributed by atoms with Crippen molar-refractivity contribution in [3.63, 3.8) is 0 Å². The fourth-order valence-electron chi connectivity index (χ4n) is 4.43. The van der Waals surface area contributed by atoms with Crippen LogP contribution >= 0.6 is 0 Å². The van der Waals surface area contributed by atoms with Gasteiger partial charge >= 0.3 is 0 Å². The molecule has 0 spiro atoms. The molecule has 0 bridgehead atoms. The van der Waals surface area contributed by atoms with Gasteiger partial charge < -0.3 is 4.84 Å². The molecule has 0 atom stereocenters. The fraction of sp³-hybridized carbons (Fsp3) is 0.696. The molecule has 0 radical (unpaired) electrons. The molecular formula is C23H36N2O3. The number of nitrogens with zero attached hydrogens (tertiary/aromatic N) is 2. The van der Waals surface area contributed by atoms with Crippen molar-refractivity contribution in [2.45, 2.75) is 71.8 Å². The summed E-state index contributed by atoms with van der Waals surface area (Å²) < 4.78 is 0. The Kier molecular flexibility index (Phi) is 6.79. The van der Waals surface area contributed by atoms with Crippen LogP contribution in [0.3, 0.4) is 0 Å². The number of hydrogen-bond donors (Lipinski definition) is 0. The molecule has 1 amide bonds. The minimum absolute atomic E-state index is 0.0720. The second-order valence-corrected chi connectivity index (χ2v) is 8.94. The van der Waals surface area contributed by atoms with E-state index in [1.54, 1.807) is 12.2 Å². The molecule has 3 rings (SSSR count). The van der Waals surface area contributed by atoms with Gasteiger partial charge in [-0.25, -0.2) is 5.06 Å². The monoisotopic (exact) mass is 388 g/mol. The van der Waals surface area contributed by atoms with Gasteiger partial charge in [-0.15, -0.1) is 0 Å². The minimum atomic E-state index is -0.289. The van der Waals surface area contributed by atoms with Gasteiger partial charge in [0, 0.05) is 13.1 Å². The number of carbonyl (C=O) groups is 1. The molecule has 1 heterocycles. The first kappa shape index (κ1) is 21.3. The normalized spacial score (nSPS) is 20.0. The van der Waals surface area contributed by atoms with Gasteiger partial charge in [0.1, 0.15) is 0 Å². The largest absolute Gasteiger partial charge is 0.302 e. The number of hydroxylamine groups is 4. The van der Waals surface area contributed by atoms with Crippen molar-refractivity contribution in [2.75, 3.05) is 26.8 Å². The van der Waals surface area contributed by atoms with Crippen molar-refractivity contribution in [2.24, 2.45) is 5.92 Å². The highest BCUT2D eigenvalue weighted by molar-refractivity contribution is 5.79. The quantitative estimate of drug-likeness (QED) is 0.659. The van der Waals surface area contributed by atoms with Crippen LogP contribution in [0, 0.1) is 26.7 Å². The van der Waals surface area contributed by atoms with Crippen molar-refractivity contribution < 1.29 is 14.5 Å². The third-order valence-electron chi connectivity index (χ3n) is 6.61. The van der Waals surface area contributed by atoms with Gasteiger partial charge in [-0.3, -0.25) is 9.63 Å². The summed E-state index contributed by atoms with van der Waals surface area (Å²) in [4.78, 5) is 25.0. The van der Waals surface area contributed by atoms with Gasteiger partial charge in [0.25, 0.3) is 5.91 Å². The zero-order valence-corrected chi connectivity index (χ0v) is 18.2. The number of aryl methyl sites for hydroxylation is 3. The molecular weight excluding hydrogens is 352 g/mol. The number of rotatable bonds is 7. The van der Waals surface area contributed by atoms with Crippen molar-refractivity contribution in [1.82, 2.24) is 10.1 Å². The molecule has 5 heteroatoms. The van der Waals surface area contributed by atoms with Crippen LogP contribution in [0.1, 0.15) is 61.3 Å². The lowest BCUT2D eigenvalue weighted by molar-refractivity contribution is -0.247. The van der Waals surface area contributed by atoms with Gasteiger partial charge in [-0.1, -0.05) is 24.1 Å². The maximum atomic E-state index is 13.4. The molecule has 0 N–H and O–H groups in total. The third-order valence-corrected chi connectivity index (χ3v) is 6.61. The highest BCUT2D eigenvalue weighted by Gasteiger charge is 2.40. The number of hydrogen-bond acceptors (Lipinski definition) is 4. The first-order valence-corrected chi connectivity index (χ1v) is 10.6. The zero-order chi connectivity index (χ0) is 20.3. The first-order valence-electron chi connectivity index (χ1n) is 10.6. The van der Waals surface area contributed by atoms with Gasteiger partial charge in [0.2, 0.25) is 0 Å². The summed E-state index contributed by atoms with van der Waals surface area (Å²) in [5, 5.41) is 3.70. The molecule has 1 aromatic carbocycles. The molecule has 28 heavy (non-hydrogen) atoms. The van der Waals surface area contributed by atoms with E-state index in [0.717, 1.165) is 31.5 Å². The molecule has 1 aromatic rings. The molecule has 2 aliphatic rings. The Hall–Kier alpha value is -1.43. The predicted molar refractivity (Wildman–Crippen MR) is 111 cm³/mol. The van der Waals surface area contributed by atoms with Gasteiger partial charge in [-0.05, 0) is 76.0 Å². The molecule has 1 aliphatic heterocycles. The zero-order valence-electron chi connectivity index (χ0n) is 18.2. The fourth-order valence-corrected chi connectivity index (χ4v) is 4.43. The minimum Gasteiger partial charge on any atom is -0.302 e. The van der Waals surface area contributed by atoms with Crippen LogP contribution in [0.4, 0.5) is 0 Å². The van der Waals surface area contributed by atoms with Gasteiger partial charge in [0.05, 0.1) is 25.7 Å². The van der Waals surface area contributed by atoms with E-state index in [0.29, 0.717) is 18.9 Å². The van der Waals surface area contributed by atoms with E-state index in [1.807, 2.05) is 5.06 Å². The van der Waals surface area contributed by atoms with E-state index < -0.39 is 0 Å². The number of carbonyl (C=O) groups excluding carboxylic acids is 1. The van der Waals surface area contributed by atoms with Crippen molar-refractivity contribution in [1.29, 1.82) is 0 Å². The Labute approximate surface area is 169 Å². The average molecular weight is 389 g/mol. The molecule has 1 saturated carbocycles. The SMILES string of the molecule is CON1CCC(C)(N(OCC2CCC2)C(=O)Cc2c(C)cc(C)cc2C)CC1. The van der Waals surface area contributed by atoms with Crippen LogP contribution in [0.5, 0.6) is 0 Å². The average Bonchev–Trinajstić information content (AvgIpc) is 2.60. The lowest BCUT2D eigenvalue weighted by atomic mass is 9.86. The summed E-state index contributed by atoms with van der Waals surface area (Å²) in [5.74, 6) is 0.670. The summed E-state index contributed by atoms with van der Waals surface area (Å²) in [6.07, 6.45) is 5.81. The van der Waals surface area contributed by atoms with Gasteiger partial charge in [-0.2, -0.15) is 5.06 Å². The maximum absolute atomic E-state index is 13.4. The molecule has 156 valence electrons. The van der Waals surface area contributed by atoms with E-state index in [-0.39, 0.29) is 11.4 Å². The molecule has 0 aromatic heterocycles. The molecule has 1 aliphatic carbocycles. The first-order chi connectivity index (χ1) is 13.3. The Morgan fingerprint density at radius 1 is 1.18 bits per heavy atom. The highest BCUT2D eigenvalue weighted by Crippen LogP contribution is 2.33. The second-order valence-electron chi connectivity index (χ2n) is 8.94. The summed E-state index contributed by atoms with van der Waals surface area (Å²) in [5.41, 5.74) is 4.45. The van der Waals surface area contributed by atoms with E-state index in [2.05, 4.69) is 39.8 Å². The lowest BCUT2D eigenvalue weighted by Gasteiger charge is -2.45. The van der Waals surface area contributed by atoms with Crippen molar-refractivity contribution >= 4 is 5.91 Å². The van der Waals surface area contributed by atoms with Gasteiger partial charge in [0.15, 0.2) is 0 Å². The summed E-state index contributed by atoms with van der Waals surface area (Å²) in [6.45, 7) is 10.7. The van der Waals surface area contributed by atoms with Crippen LogP contribution in [-0.4, -0.2) is 48.4 Å². The topological polar surface area (TPSA) is 42.0 Å². The second kappa shape index (κ2) is 8.93. The van der Waals surface area contributed by atoms with Crippen LogP contribution in [0.25, 0.3) is 0 Å². The van der Waals surface area contributed by atoms with E-state index in [1.165, 1.54) is 36.0 Å². The number of benzene rings is 1. The smallest absolute Gasteiger partial charge is 0.251 e. The summed E-state index contributed by atoms with van der Waals surface area (Å²) in [7, 11) is 1.71. The van der Waals surface area contributed by atoms with Crippen LogP contribution in [-0.2, 0) is 20.9 Å². The Morgan fingerprint density at radius 3 is 2.29 bits per heavy atom. The van der Waals surface area contributed by atoms with Crippen molar-refractivity contribution in [3.05, 3.63) is 34.4 Å². The Balaban J connectivity index is 1.76. The summed E-state index contributed by atoms with van der Waals surface area (Å²) in [6, 6.07) is 4.32. The molecule has 5 nitrogen and oxygen atoms in total. The molecule has 2 fully saturated rings. The number of amides is 1. The van der Waals surface area contributed by atoms with E-state index in [9.17, 15) is 4.79 Å². The standard InChI is InChI=1S/C23H36N2O3/c1-17-13-18(2)21(19(3)14-17)15-22(26)25(28-16-20-7-6-8-20)23(4)9-11-24(27-5)12-10-23/h13-14,20H,6-12,15-16H2,1-5H3. The lowest BCUT2D eigenvalue weighted by Crippen LogP contribution is -2.56. The number of piperidine rings is 1. The third kappa shape index (κ3) is 4.76. The predicted octanol–water partition coefficient (Wildman–Crippen LogP) is 4.13. The highest BCUT2D eigenvalue weighted by atomic mass is 16.7. The van der Waals surface area contributed by atoms with Crippen LogP contribution in [0.15, 0.2) is 12.1 Å². The van der Waals surface area contributed by atoms with Crippen LogP contribution in [0.2, 0.25) is 0 Å². The van der Waals surface area contributed by atoms with Crippen molar-refractivity contribution in [3.8, 4) is 0 Å². The molecule has 0 unspecified atom stereocenters. The Bertz CT molecular complexity index is 668. The molecule has 1 saturated heterocycles. The van der Waals surface area contributed by atoms with Crippen LogP contribution < -0.4 is 0 Å². The summed E-state index contributed by atoms with van der Waals surface area (Å²) >= 11 is 0. The maximum Gasteiger partial charge on any atom is 0.251 e. The Morgan fingerprint density at radius 2 is 1.79 bits per heavy atom.